The van der Waals surface area contributed by atoms with Gasteiger partial charge >= 0.3 is 0 Å². The molecule has 84 valence electrons. The van der Waals surface area contributed by atoms with Crippen molar-refractivity contribution in [3.05, 3.63) is 0 Å². The third-order valence-electron chi connectivity index (χ3n) is 3.63. The predicted molar refractivity (Wildman–Crippen MR) is 61.4 cm³/mol. The summed E-state index contributed by atoms with van der Waals surface area (Å²) in [6.45, 7) is 7.70. The second kappa shape index (κ2) is 5.10. The van der Waals surface area contributed by atoms with Gasteiger partial charge in [-0.2, -0.15) is 0 Å². The average molecular weight is 199 g/mol. The molecule has 0 amide bonds. The van der Waals surface area contributed by atoms with Crippen molar-refractivity contribution >= 4 is 0 Å². The van der Waals surface area contributed by atoms with Crippen LogP contribution in [0.25, 0.3) is 0 Å². The molecular formula is C11H25N3. The number of nitrogens with two attached hydrogens (primary N) is 1. The number of rotatable bonds is 3. The molecule has 1 rings (SSSR count). The Morgan fingerprint density at radius 3 is 2.57 bits per heavy atom. The molecule has 3 N–H and O–H groups in total. The molecule has 1 aliphatic rings. The van der Waals surface area contributed by atoms with E-state index in [4.69, 9.17) is 5.73 Å². The quantitative estimate of drug-likeness (QED) is 0.706. The first-order valence-corrected chi connectivity index (χ1v) is 5.76. The van der Waals surface area contributed by atoms with Gasteiger partial charge in [-0.3, -0.25) is 0 Å². The zero-order valence-corrected chi connectivity index (χ0v) is 9.84. The van der Waals surface area contributed by atoms with Crippen molar-refractivity contribution in [1.29, 1.82) is 0 Å². The van der Waals surface area contributed by atoms with Crippen LogP contribution in [0.15, 0.2) is 0 Å². The minimum Gasteiger partial charge on any atom is -0.329 e. The van der Waals surface area contributed by atoms with Gasteiger partial charge in [-0.15, -0.1) is 0 Å². The third-order valence-corrected chi connectivity index (χ3v) is 3.63. The predicted octanol–water partition coefficient (Wildman–Crippen LogP) is 0.798. The lowest BCUT2D eigenvalue weighted by Crippen LogP contribution is -2.50. The number of hydrogen-bond donors (Lipinski definition) is 2. The highest BCUT2D eigenvalue weighted by molar-refractivity contribution is 4.91. The summed E-state index contributed by atoms with van der Waals surface area (Å²) in [6.07, 6.45) is 3.65. The summed E-state index contributed by atoms with van der Waals surface area (Å²) < 4.78 is 0. The van der Waals surface area contributed by atoms with E-state index in [-0.39, 0.29) is 5.54 Å². The summed E-state index contributed by atoms with van der Waals surface area (Å²) >= 11 is 0. The standard InChI is InChI=1S/C11H25N3/c1-10(2)14-7-4-5-11(9-12,13-3)6-8-14/h10,13H,4-9,12H2,1-3H3. The van der Waals surface area contributed by atoms with Gasteiger partial charge in [0.2, 0.25) is 0 Å². The van der Waals surface area contributed by atoms with Crippen LogP contribution in [0.5, 0.6) is 0 Å². The molecule has 0 aromatic rings. The molecule has 1 saturated heterocycles. The van der Waals surface area contributed by atoms with Gasteiger partial charge in [0, 0.05) is 24.7 Å². The lowest BCUT2D eigenvalue weighted by Gasteiger charge is -2.31. The van der Waals surface area contributed by atoms with E-state index in [9.17, 15) is 0 Å². The summed E-state index contributed by atoms with van der Waals surface area (Å²) in [5.41, 5.74) is 6.06. The molecule has 1 fully saturated rings. The van der Waals surface area contributed by atoms with Crippen molar-refractivity contribution in [2.75, 3.05) is 26.7 Å². The summed E-state index contributed by atoms with van der Waals surface area (Å²) in [7, 11) is 2.04. The Balaban J connectivity index is 2.55. The van der Waals surface area contributed by atoms with Crippen LogP contribution >= 0.6 is 0 Å². The molecule has 1 aliphatic heterocycles. The van der Waals surface area contributed by atoms with E-state index in [1.807, 2.05) is 7.05 Å². The van der Waals surface area contributed by atoms with E-state index in [1.165, 1.54) is 32.4 Å². The van der Waals surface area contributed by atoms with E-state index in [0.29, 0.717) is 6.04 Å². The topological polar surface area (TPSA) is 41.3 Å². The lowest BCUT2D eigenvalue weighted by atomic mass is 9.91. The van der Waals surface area contributed by atoms with Crippen molar-refractivity contribution in [3.8, 4) is 0 Å². The first kappa shape index (κ1) is 12.0. The fourth-order valence-corrected chi connectivity index (χ4v) is 2.29. The minimum atomic E-state index is 0.198. The van der Waals surface area contributed by atoms with Crippen molar-refractivity contribution in [2.45, 2.75) is 44.7 Å². The van der Waals surface area contributed by atoms with Gasteiger partial charge in [0.15, 0.2) is 0 Å². The van der Waals surface area contributed by atoms with Crippen molar-refractivity contribution in [2.24, 2.45) is 5.73 Å². The zero-order chi connectivity index (χ0) is 10.6. The molecule has 0 radical (unpaired) electrons. The molecule has 14 heavy (non-hydrogen) atoms. The Labute approximate surface area is 88.0 Å². The maximum Gasteiger partial charge on any atom is 0.0313 e. The first-order valence-electron chi connectivity index (χ1n) is 5.76. The molecule has 0 aliphatic carbocycles. The maximum absolute atomic E-state index is 5.86. The molecular weight excluding hydrogens is 174 g/mol. The van der Waals surface area contributed by atoms with Crippen LogP contribution in [0.1, 0.15) is 33.1 Å². The normalized spacial score (nSPS) is 30.6. The fourth-order valence-electron chi connectivity index (χ4n) is 2.29. The van der Waals surface area contributed by atoms with E-state index in [0.717, 1.165) is 6.54 Å². The number of hydrogen-bond acceptors (Lipinski definition) is 3. The molecule has 1 heterocycles. The van der Waals surface area contributed by atoms with Gasteiger partial charge in [0.25, 0.3) is 0 Å². The van der Waals surface area contributed by atoms with Gasteiger partial charge in [0.05, 0.1) is 0 Å². The number of nitrogens with one attached hydrogen (secondary N) is 1. The minimum absolute atomic E-state index is 0.198. The summed E-state index contributed by atoms with van der Waals surface area (Å²) in [4.78, 5) is 2.55. The van der Waals surface area contributed by atoms with Crippen molar-refractivity contribution in [1.82, 2.24) is 10.2 Å². The van der Waals surface area contributed by atoms with Crippen molar-refractivity contribution < 1.29 is 0 Å². The van der Waals surface area contributed by atoms with Crippen LogP contribution in [-0.4, -0.2) is 43.2 Å². The Morgan fingerprint density at radius 2 is 2.07 bits per heavy atom. The summed E-state index contributed by atoms with van der Waals surface area (Å²) in [6, 6.07) is 0.667. The van der Waals surface area contributed by atoms with Gasteiger partial charge in [-0.25, -0.2) is 0 Å². The van der Waals surface area contributed by atoms with Crippen LogP contribution < -0.4 is 11.1 Å². The van der Waals surface area contributed by atoms with Crippen LogP contribution in [-0.2, 0) is 0 Å². The Hall–Kier alpha value is -0.120. The number of nitrogens with zero attached hydrogens (tertiary/aromatic N) is 1. The van der Waals surface area contributed by atoms with E-state index < -0.39 is 0 Å². The van der Waals surface area contributed by atoms with Crippen molar-refractivity contribution in [3.63, 3.8) is 0 Å². The largest absolute Gasteiger partial charge is 0.329 e. The van der Waals surface area contributed by atoms with Gasteiger partial charge < -0.3 is 16.0 Å². The van der Waals surface area contributed by atoms with E-state index in [2.05, 4.69) is 24.1 Å². The van der Waals surface area contributed by atoms with Crippen LogP contribution in [0.2, 0.25) is 0 Å². The van der Waals surface area contributed by atoms with Crippen LogP contribution in [0.4, 0.5) is 0 Å². The van der Waals surface area contributed by atoms with Gasteiger partial charge in [0.1, 0.15) is 0 Å². The van der Waals surface area contributed by atoms with Crippen LogP contribution in [0.3, 0.4) is 0 Å². The first-order chi connectivity index (χ1) is 6.63. The second-order valence-electron chi connectivity index (χ2n) is 4.72. The fraction of sp³-hybridized carbons (Fsp3) is 1.00. The monoisotopic (exact) mass is 199 g/mol. The number of likely N-dealkylation sites (N-methyl/N-ethyl adjacent to an activating group) is 1. The Morgan fingerprint density at radius 1 is 1.36 bits per heavy atom. The third kappa shape index (κ3) is 2.69. The highest BCUT2D eigenvalue weighted by atomic mass is 15.2. The van der Waals surface area contributed by atoms with Crippen LogP contribution in [0, 0.1) is 0 Å². The molecule has 3 nitrogen and oxygen atoms in total. The highest BCUT2D eigenvalue weighted by Crippen LogP contribution is 2.21. The molecule has 0 spiro atoms. The Kier molecular flexibility index (Phi) is 4.35. The molecule has 3 heteroatoms. The molecule has 0 aromatic carbocycles. The summed E-state index contributed by atoms with van der Waals surface area (Å²) in [5.74, 6) is 0. The molecule has 0 bridgehead atoms. The molecule has 1 unspecified atom stereocenters. The molecule has 0 aromatic heterocycles. The summed E-state index contributed by atoms with van der Waals surface area (Å²) in [5, 5.41) is 3.41. The van der Waals surface area contributed by atoms with Gasteiger partial charge in [-0.1, -0.05) is 0 Å². The SMILES string of the molecule is CNC1(CN)CCCN(C(C)C)CC1. The smallest absolute Gasteiger partial charge is 0.0313 e. The van der Waals surface area contributed by atoms with E-state index >= 15 is 0 Å². The highest BCUT2D eigenvalue weighted by Gasteiger charge is 2.29. The second-order valence-corrected chi connectivity index (χ2v) is 4.72. The number of likely N-dealkylation sites (tertiary alicyclic amines) is 1. The lowest BCUT2D eigenvalue weighted by molar-refractivity contribution is 0.221. The molecule has 0 saturated carbocycles. The Bertz CT molecular complexity index is 164. The van der Waals surface area contributed by atoms with E-state index in [1.54, 1.807) is 0 Å². The molecule has 1 atom stereocenters. The van der Waals surface area contributed by atoms with Gasteiger partial charge in [-0.05, 0) is 46.7 Å². The zero-order valence-electron chi connectivity index (χ0n) is 9.84. The maximum atomic E-state index is 5.86. The average Bonchev–Trinajstić information content (AvgIpc) is 2.40.